The van der Waals surface area contributed by atoms with Crippen molar-refractivity contribution in [1.82, 2.24) is 14.7 Å². The van der Waals surface area contributed by atoms with Gasteiger partial charge in [-0.15, -0.1) is 0 Å². The minimum absolute atomic E-state index is 1.01. The molecule has 4 nitrogen and oxygen atoms in total. The molecule has 1 aromatic carbocycles. The normalized spacial score (nSPS) is 21.3. The van der Waals surface area contributed by atoms with E-state index >= 15 is 0 Å². The predicted molar refractivity (Wildman–Crippen MR) is 85.8 cm³/mol. The number of rotatable bonds is 3. The van der Waals surface area contributed by atoms with Gasteiger partial charge in [0.05, 0.1) is 7.11 Å². The minimum Gasteiger partial charge on any atom is -0.496 e. The average molecular weight is 289 g/mol. The van der Waals surface area contributed by atoms with Crippen molar-refractivity contribution in [3.63, 3.8) is 0 Å². The second-order valence-corrected chi connectivity index (χ2v) is 6.50. The molecule has 0 amide bonds. The standard InChI is InChI=1S/C17H27N3O/c1-18-6-8-20(9-7-18)13-16-10-14-4-5-19(2)12-15(14)11-17(16)21-3/h10-11H,4-9,12-13H2,1-3H3. The van der Waals surface area contributed by atoms with Crippen molar-refractivity contribution in [1.29, 1.82) is 0 Å². The van der Waals surface area contributed by atoms with Gasteiger partial charge in [-0.05, 0) is 37.7 Å². The molecule has 0 saturated carbocycles. The summed E-state index contributed by atoms with van der Waals surface area (Å²) in [5.74, 6) is 1.06. The molecule has 116 valence electrons. The number of fused-ring (bicyclic) bond motifs is 1. The van der Waals surface area contributed by atoms with Gasteiger partial charge in [0.1, 0.15) is 5.75 Å². The number of methoxy groups -OCH3 is 1. The summed E-state index contributed by atoms with van der Waals surface area (Å²) in [6.45, 7) is 7.85. The highest BCUT2D eigenvalue weighted by Crippen LogP contribution is 2.28. The SMILES string of the molecule is COc1cc2c(cc1CN1CCN(C)CC1)CCN(C)C2. The summed E-state index contributed by atoms with van der Waals surface area (Å²) < 4.78 is 5.65. The lowest BCUT2D eigenvalue weighted by molar-refractivity contribution is 0.147. The number of hydrogen-bond acceptors (Lipinski definition) is 4. The minimum atomic E-state index is 1.01. The first-order valence-electron chi connectivity index (χ1n) is 7.94. The zero-order valence-electron chi connectivity index (χ0n) is 13.6. The van der Waals surface area contributed by atoms with E-state index < -0.39 is 0 Å². The van der Waals surface area contributed by atoms with Gasteiger partial charge in [0.25, 0.3) is 0 Å². The molecule has 4 heteroatoms. The maximum Gasteiger partial charge on any atom is 0.123 e. The molecule has 3 rings (SSSR count). The first-order valence-corrected chi connectivity index (χ1v) is 7.94. The lowest BCUT2D eigenvalue weighted by Crippen LogP contribution is -2.43. The molecule has 0 atom stereocenters. The molecule has 1 fully saturated rings. The summed E-state index contributed by atoms with van der Waals surface area (Å²) in [6, 6.07) is 4.65. The van der Waals surface area contributed by atoms with Crippen LogP contribution in [0.2, 0.25) is 0 Å². The van der Waals surface area contributed by atoms with E-state index in [9.17, 15) is 0 Å². The van der Waals surface area contributed by atoms with E-state index in [1.807, 2.05) is 0 Å². The van der Waals surface area contributed by atoms with Crippen molar-refractivity contribution >= 4 is 0 Å². The Morgan fingerprint density at radius 2 is 1.71 bits per heavy atom. The molecule has 0 unspecified atom stereocenters. The zero-order chi connectivity index (χ0) is 14.8. The van der Waals surface area contributed by atoms with Crippen LogP contribution in [0.1, 0.15) is 16.7 Å². The van der Waals surface area contributed by atoms with Gasteiger partial charge in [-0.3, -0.25) is 4.90 Å². The van der Waals surface area contributed by atoms with Crippen molar-refractivity contribution in [2.45, 2.75) is 19.5 Å². The van der Waals surface area contributed by atoms with Gasteiger partial charge in [-0.25, -0.2) is 0 Å². The fourth-order valence-electron chi connectivity index (χ4n) is 3.34. The van der Waals surface area contributed by atoms with Gasteiger partial charge in [-0.2, -0.15) is 0 Å². The van der Waals surface area contributed by atoms with Crippen molar-refractivity contribution < 1.29 is 4.74 Å². The Labute approximate surface area is 128 Å². The number of piperazine rings is 1. The van der Waals surface area contributed by atoms with Crippen molar-refractivity contribution in [3.05, 3.63) is 28.8 Å². The molecule has 1 aromatic rings. The van der Waals surface area contributed by atoms with Gasteiger partial charge < -0.3 is 14.5 Å². The average Bonchev–Trinajstić information content (AvgIpc) is 2.49. The number of hydrogen-bond donors (Lipinski definition) is 0. The Balaban J connectivity index is 1.78. The molecule has 0 aromatic heterocycles. The number of ether oxygens (including phenoxy) is 1. The highest BCUT2D eigenvalue weighted by molar-refractivity contribution is 5.44. The summed E-state index contributed by atoms with van der Waals surface area (Å²) >= 11 is 0. The Kier molecular flexibility index (Phi) is 4.48. The lowest BCUT2D eigenvalue weighted by Gasteiger charge is -2.33. The van der Waals surface area contributed by atoms with Gasteiger partial charge in [0.15, 0.2) is 0 Å². The third-order valence-corrected chi connectivity index (χ3v) is 4.80. The molecular formula is C17H27N3O. The molecule has 2 aliphatic rings. The van der Waals surface area contributed by atoms with E-state index in [4.69, 9.17) is 4.74 Å². The summed E-state index contributed by atoms with van der Waals surface area (Å²) in [5.41, 5.74) is 4.30. The van der Waals surface area contributed by atoms with Crippen LogP contribution in [0.5, 0.6) is 5.75 Å². The second-order valence-electron chi connectivity index (χ2n) is 6.50. The Morgan fingerprint density at radius 3 is 2.43 bits per heavy atom. The molecule has 0 aliphatic carbocycles. The molecule has 0 spiro atoms. The van der Waals surface area contributed by atoms with E-state index in [2.05, 4.69) is 40.9 Å². The summed E-state index contributed by atoms with van der Waals surface area (Å²) in [7, 11) is 6.18. The maximum absolute atomic E-state index is 5.65. The topological polar surface area (TPSA) is 19.0 Å². The summed E-state index contributed by atoms with van der Waals surface area (Å²) in [6.07, 6.45) is 1.16. The smallest absolute Gasteiger partial charge is 0.123 e. The highest BCUT2D eigenvalue weighted by atomic mass is 16.5. The Hall–Kier alpha value is -1.10. The quantitative estimate of drug-likeness (QED) is 0.838. The predicted octanol–water partition coefficient (Wildman–Crippen LogP) is 1.43. The van der Waals surface area contributed by atoms with Crippen LogP contribution in [-0.4, -0.2) is 68.6 Å². The van der Waals surface area contributed by atoms with E-state index in [-0.39, 0.29) is 0 Å². The maximum atomic E-state index is 5.65. The second kappa shape index (κ2) is 6.34. The summed E-state index contributed by atoms with van der Waals surface area (Å²) in [5, 5.41) is 0. The van der Waals surface area contributed by atoms with Crippen LogP contribution in [0.25, 0.3) is 0 Å². The van der Waals surface area contributed by atoms with Crippen LogP contribution >= 0.6 is 0 Å². The van der Waals surface area contributed by atoms with Crippen molar-refractivity contribution in [2.75, 3.05) is 53.9 Å². The molecule has 0 radical (unpaired) electrons. The van der Waals surface area contributed by atoms with Gasteiger partial charge >= 0.3 is 0 Å². The molecule has 2 heterocycles. The van der Waals surface area contributed by atoms with Crippen molar-refractivity contribution in [2.24, 2.45) is 0 Å². The van der Waals surface area contributed by atoms with E-state index in [0.717, 1.165) is 58.0 Å². The van der Waals surface area contributed by atoms with Crippen LogP contribution in [0.3, 0.4) is 0 Å². The molecule has 1 saturated heterocycles. The Bertz CT molecular complexity index is 495. The van der Waals surface area contributed by atoms with E-state index in [1.54, 1.807) is 7.11 Å². The first-order chi connectivity index (χ1) is 10.2. The molecule has 21 heavy (non-hydrogen) atoms. The van der Waals surface area contributed by atoms with Crippen LogP contribution in [0.15, 0.2) is 12.1 Å². The van der Waals surface area contributed by atoms with E-state index in [0.29, 0.717) is 0 Å². The van der Waals surface area contributed by atoms with Crippen molar-refractivity contribution in [3.8, 4) is 5.75 Å². The van der Waals surface area contributed by atoms with Crippen LogP contribution in [0, 0.1) is 0 Å². The first kappa shape index (κ1) is 14.8. The zero-order valence-corrected chi connectivity index (χ0v) is 13.6. The number of benzene rings is 1. The monoisotopic (exact) mass is 289 g/mol. The number of nitrogens with zero attached hydrogens (tertiary/aromatic N) is 3. The number of likely N-dealkylation sites (N-methyl/N-ethyl adjacent to an activating group) is 2. The molecular weight excluding hydrogens is 262 g/mol. The largest absolute Gasteiger partial charge is 0.496 e. The van der Waals surface area contributed by atoms with Crippen LogP contribution < -0.4 is 4.74 Å². The van der Waals surface area contributed by atoms with E-state index in [1.165, 1.54) is 16.7 Å². The molecule has 0 N–H and O–H groups in total. The fourth-order valence-corrected chi connectivity index (χ4v) is 3.34. The molecule has 0 bridgehead atoms. The van der Waals surface area contributed by atoms with Gasteiger partial charge in [0, 0.05) is 51.4 Å². The fraction of sp³-hybridized carbons (Fsp3) is 0.647. The summed E-state index contributed by atoms with van der Waals surface area (Å²) in [4.78, 5) is 7.32. The van der Waals surface area contributed by atoms with Crippen LogP contribution in [0.4, 0.5) is 0 Å². The van der Waals surface area contributed by atoms with Crippen LogP contribution in [-0.2, 0) is 19.5 Å². The highest BCUT2D eigenvalue weighted by Gasteiger charge is 2.19. The Morgan fingerprint density at radius 1 is 0.952 bits per heavy atom. The third kappa shape index (κ3) is 3.39. The lowest BCUT2D eigenvalue weighted by atomic mass is 9.96. The van der Waals surface area contributed by atoms with Gasteiger partial charge in [-0.1, -0.05) is 6.07 Å². The van der Waals surface area contributed by atoms with Gasteiger partial charge in [0.2, 0.25) is 0 Å². The third-order valence-electron chi connectivity index (χ3n) is 4.80. The molecule has 2 aliphatic heterocycles.